The summed E-state index contributed by atoms with van der Waals surface area (Å²) in [7, 11) is 3.04. The Labute approximate surface area is 167 Å². The summed E-state index contributed by atoms with van der Waals surface area (Å²) < 4.78 is 10.4. The lowest BCUT2D eigenvalue weighted by molar-refractivity contribution is -0.120. The van der Waals surface area contributed by atoms with Gasteiger partial charge in [-0.3, -0.25) is 9.59 Å². The van der Waals surface area contributed by atoms with Crippen LogP contribution in [0.2, 0.25) is 10.0 Å². The van der Waals surface area contributed by atoms with E-state index in [1.807, 2.05) is 0 Å². The fraction of sp³-hybridized carbons (Fsp3) is 0.158. The Morgan fingerprint density at radius 1 is 0.963 bits per heavy atom. The van der Waals surface area contributed by atoms with Crippen LogP contribution in [0.15, 0.2) is 42.1 Å². The number of ether oxygens (including phenoxy) is 2. The van der Waals surface area contributed by atoms with Crippen molar-refractivity contribution >= 4 is 46.8 Å². The second-order valence-electron chi connectivity index (χ2n) is 5.47. The van der Waals surface area contributed by atoms with E-state index >= 15 is 0 Å². The number of hydrogen-bond acceptors (Lipinski definition) is 4. The molecule has 0 aliphatic heterocycles. The third-order valence-corrected chi connectivity index (χ3v) is 3.83. The fourth-order valence-electron chi connectivity index (χ4n) is 2.28. The van der Waals surface area contributed by atoms with Crippen molar-refractivity contribution in [3.63, 3.8) is 0 Å². The van der Waals surface area contributed by atoms with Crippen molar-refractivity contribution in [3.8, 4) is 11.5 Å². The molecule has 0 spiro atoms. The van der Waals surface area contributed by atoms with E-state index in [2.05, 4.69) is 10.6 Å². The van der Waals surface area contributed by atoms with Gasteiger partial charge in [0.25, 0.3) is 5.91 Å². The number of carbonyl (C=O) groups is 2. The largest absolute Gasteiger partial charge is 0.493 e. The first-order chi connectivity index (χ1) is 12.8. The molecule has 0 radical (unpaired) electrons. The first-order valence-electron chi connectivity index (χ1n) is 7.81. The second-order valence-corrected chi connectivity index (χ2v) is 6.34. The number of hydrogen-bond donors (Lipinski definition) is 2. The molecule has 0 bridgehead atoms. The summed E-state index contributed by atoms with van der Waals surface area (Å²) in [5.74, 6) is 0.128. The molecule has 2 aromatic carbocycles. The predicted molar refractivity (Wildman–Crippen MR) is 106 cm³/mol. The van der Waals surface area contributed by atoms with Crippen LogP contribution in [-0.2, 0) is 9.59 Å². The lowest BCUT2D eigenvalue weighted by Gasteiger charge is -2.12. The highest BCUT2D eigenvalue weighted by Crippen LogP contribution is 2.28. The molecule has 0 aliphatic rings. The zero-order chi connectivity index (χ0) is 20.0. The van der Waals surface area contributed by atoms with Crippen molar-refractivity contribution in [2.75, 3.05) is 19.5 Å². The molecule has 0 fully saturated rings. The summed E-state index contributed by atoms with van der Waals surface area (Å²) in [5, 5.41) is 5.92. The van der Waals surface area contributed by atoms with E-state index in [0.29, 0.717) is 32.8 Å². The number of rotatable bonds is 6. The molecule has 0 atom stereocenters. The van der Waals surface area contributed by atoms with Gasteiger partial charge in [0.15, 0.2) is 11.5 Å². The van der Waals surface area contributed by atoms with Gasteiger partial charge < -0.3 is 20.1 Å². The number of benzene rings is 2. The predicted octanol–water partition coefficient (Wildman–Crippen LogP) is 4.13. The highest BCUT2D eigenvalue weighted by molar-refractivity contribution is 6.35. The normalized spacial score (nSPS) is 10.9. The Morgan fingerprint density at radius 3 is 2.15 bits per heavy atom. The topological polar surface area (TPSA) is 76.7 Å². The first-order valence-corrected chi connectivity index (χ1v) is 8.56. The van der Waals surface area contributed by atoms with E-state index in [4.69, 9.17) is 32.7 Å². The summed E-state index contributed by atoms with van der Waals surface area (Å²) in [6, 6.07) is 9.76. The van der Waals surface area contributed by atoms with Crippen LogP contribution in [0.4, 0.5) is 5.69 Å². The monoisotopic (exact) mass is 408 g/mol. The molecule has 2 amide bonds. The summed E-state index contributed by atoms with van der Waals surface area (Å²) >= 11 is 11.9. The molecule has 2 N–H and O–H groups in total. The molecule has 2 aromatic rings. The molecule has 8 heteroatoms. The molecule has 0 aromatic heterocycles. The van der Waals surface area contributed by atoms with Crippen molar-refractivity contribution in [2.45, 2.75) is 6.92 Å². The third-order valence-electron chi connectivity index (χ3n) is 3.39. The van der Waals surface area contributed by atoms with Crippen LogP contribution >= 0.6 is 23.2 Å². The van der Waals surface area contributed by atoms with Gasteiger partial charge in [0.2, 0.25) is 5.91 Å². The number of halogens is 2. The zero-order valence-electron chi connectivity index (χ0n) is 14.9. The number of nitrogens with one attached hydrogen (secondary N) is 2. The molecule has 2 rings (SSSR count). The number of carbonyl (C=O) groups excluding carboxylic acids is 2. The van der Waals surface area contributed by atoms with Crippen LogP contribution in [-0.4, -0.2) is 26.0 Å². The molecule has 0 saturated heterocycles. The molecule has 0 unspecified atom stereocenters. The lowest BCUT2D eigenvalue weighted by atomic mass is 10.1. The summed E-state index contributed by atoms with van der Waals surface area (Å²) in [4.78, 5) is 24.1. The Morgan fingerprint density at radius 2 is 1.59 bits per heavy atom. The Bertz CT molecular complexity index is 877. The van der Waals surface area contributed by atoms with Gasteiger partial charge in [0.1, 0.15) is 5.70 Å². The van der Waals surface area contributed by atoms with Crippen molar-refractivity contribution in [2.24, 2.45) is 0 Å². The fourth-order valence-corrected chi connectivity index (χ4v) is 2.81. The van der Waals surface area contributed by atoms with Crippen molar-refractivity contribution in [3.05, 3.63) is 57.7 Å². The van der Waals surface area contributed by atoms with E-state index in [1.165, 1.54) is 27.2 Å². The molecular weight excluding hydrogens is 391 g/mol. The zero-order valence-corrected chi connectivity index (χ0v) is 16.4. The molecule has 27 heavy (non-hydrogen) atoms. The van der Waals surface area contributed by atoms with E-state index in [-0.39, 0.29) is 11.6 Å². The number of methoxy groups -OCH3 is 2. The minimum Gasteiger partial charge on any atom is -0.493 e. The van der Waals surface area contributed by atoms with E-state index in [1.54, 1.807) is 36.4 Å². The van der Waals surface area contributed by atoms with Gasteiger partial charge in [-0.2, -0.15) is 0 Å². The van der Waals surface area contributed by atoms with Crippen LogP contribution in [0.3, 0.4) is 0 Å². The Hall–Kier alpha value is -2.70. The Balaban J connectivity index is 2.34. The average Bonchev–Trinajstić information content (AvgIpc) is 2.59. The Kier molecular flexibility index (Phi) is 7.10. The van der Waals surface area contributed by atoms with Gasteiger partial charge in [0.05, 0.1) is 14.2 Å². The molecule has 0 heterocycles. The molecule has 6 nitrogen and oxygen atoms in total. The van der Waals surface area contributed by atoms with Gasteiger partial charge in [0, 0.05) is 22.7 Å². The van der Waals surface area contributed by atoms with Crippen LogP contribution in [0, 0.1) is 0 Å². The summed E-state index contributed by atoms with van der Waals surface area (Å²) in [5.41, 5.74) is 1.09. The molecule has 142 valence electrons. The maximum atomic E-state index is 12.6. The standard InChI is InChI=1S/C19H18Cl2N2O4/c1-11(24)22-16(6-12-4-5-17(26-2)18(7-12)27-3)19(25)23-15-9-13(20)8-14(21)10-15/h4-10H,1-3H3,(H,22,24)(H,23,25)/b16-6+. The van der Waals surface area contributed by atoms with Crippen LogP contribution in [0.25, 0.3) is 6.08 Å². The minimum absolute atomic E-state index is 0.0471. The van der Waals surface area contributed by atoms with E-state index in [9.17, 15) is 9.59 Å². The average molecular weight is 409 g/mol. The van der Waals surface area contributed by atoms with Gasteiger partial charge >= 0.3 is 0 Å². The van der Waals surface area contributed by atoms with Gasteiger partial charge in [-0.15, -0.1) is 0 Å². The maximum Gasteiger partial charge on any atom is 0.272 e. The van der Waals surface area contributed by atoms with Crippen molar-refractivity contribution < 1.29 is 19.1 Å². The van der Waals surface area contributed by atoms with Gasteiger partial charge in [-0.25, -0.2) is 0 Å². The third kappa shape index (κ3) is 5.91. The smallest absolute Gasteiger partial charge is 0.272 e. The second kappa shape index (κ2) is 9.30. The minimum atomic E-state index is -0.529. The SMILES string of the molecule is COc1ccc(/C=C(/NC(C)=O)C(=O)Nc2cc(Cl)cc(Cl)c2)cc1OC. The summed E-state index contributed by atoms with van der Waals surface area (Å²) in [6.45, 7) is 1.31. The van der Waals surface area contributed by atoms with Crippen LogP contribution in [0.1, 0.15) is 12.5 Å². The van der Waals surface area contributed by atoms with Crippen molar-refractivity contribution in [1.82, 2.24) is 5.32 Å². The molecule has 0 aliphatic carbocycles. The van der Waals surface area contributed by atoms with E-state index < -0.39 is 5.91 Å². The maximum absolute atomic E-state index is 12.6. The lowest BCUT2D eigenvalue weighted by Crippen LogP contribution is -2.28. The van der Waals surface area contributed by atoms with Crippen LogP contribution in [0.5, 0.6) is 11.5 Å². The molecular formula is C19H18Cl2N2O4. The van der Waals surface area contributed by atoms with Crippen LogP contribution < -0.4 is 20.1 Å². The highest BCUT2D eigenvalue weighted by Gasteiger charge is 2.13. The van der Waals surface area contributed by atoms with E-state index in [0.717, 1.165) is 0 Å². The molecule has 0 saturated carbocycles. The van der Waals surface area contributed by atoms with Gasteiger partial charge in [-0.1, -0.05) is 29.3 Å². The number of anilines is 1. The summed E-state index contributed by atoms with van der Waals surface area (Å²) in [6.07, 6.45) is 1.52. The quantitative estimate of drug-likeness (QED) is 0.704. The number of amides is 2. The first kappa shape index (κ1) is 20.6. The van der Waals surface area contributed by atoms with Crippen molar-refractivity contribution in [1.29, 1.82) is 0 Å². The van der Waals surface area contributed by atoms with Gasteiger partial charge in [-0.05, 0) is 42.0 Å². The highest BCUT2D eigenvalue weighted by atomic mass is 35.5.